The first kappa shape index (κ1) is 13.2. The number of anilines is 2. The van der Waals surface area contributed by atoms with E-state index in [2.05, 4.69) is 41.2 Å². The average molecular weight is 270 g/mol. The Labute approximate surface area is 120 Å². The van der Waals surface area contributed by atoms with Gasteiger partial charge in [-0.25, -0.2) is 0 Å². The van der Waals surface area contributed by atoms with E-state index >= 15 is 0 Å². The van der Waals surface area contributed by atoms with Crippen LogP contribution in [0, 0.1) is 6.92 Å². The number of aryl methyl sites for hydroxylation is 3. The van der Waals surface area contributed by atoms with Crippen LogP contribution in [-0.4, -0.2) is 22.9 Å². The average Bonchev–Trinajstić information content (AvgIpc) is 2.73. The van der Waals surface area contributed by atoms with E-state index in [0.29, 0.717) is 6.54 Å². The zero-order chi connectivity index (χ0) is 14.1. The van der Waals surface area contributed by atoms with Crippen LogP contribution in [0.4, 0.5) is 11.5 Å². The molecule has 0 amide bonds. The van der Waals surface area contributed by atoms with Crippen LogP contribution < -0.4 is 10.6 Å². The van der Waals surface area contributed by atoms with Gasteiger partial charge in [0.1, 0.15) is 5.82 Å². The van der Waals surface area contributed by atoms with E-state index < -0.39 is 0 Å². The maximum atomic E-state index is 5.78. The maximum absolute atomic E-state index is 5.78. The zero-order valence-electron chi connectivity index (χ0n) is 12.3. The third-order valence-corrected chi connectivity index (χ3v) is 4.07. The standard InChI is InChI=1S/C16H22N4/c1-12-14(9-10-17)16(19(2)18-12)20-11-5-7-13-6-3-4-8-15(13)20/h3-4,6,8H,5,7,9-11,17H2,1-2H3. The first-order chi connectivity index (χ1) is 9.72. The third kappa shape index (κ3) is 2.10. The first-order valence-corrected chi connectivity index (χ1v) is 7.30. The second-order valence-electron chi connectivity index (χ2n) is 5.43. The Morgan fingerprint density at radius 3 is 2.90 bits per heavy atom. The van der Waals surface area contributed by atoms with Gasteiger partial charge in [0.05, 0.1) is 5.69 Å². The summed E-state index contributed by atoms with van der Waals surface area (Å²) in [7, 11) is 2.03. The summed E-state index contributed by atoms with van der Waals surface area (Å²) in [6.07, 6.45) is 3.23. The van der Waals surface area contributed by atoms with Crippen molar-refractivity contribution in [3.8, 4) is 0 Å². The van der Waals surface area contributed by atoms with Crippen LogP contribution in [0.1, 0.15) is 23.2 Å². The van der Waals surface area contributed by atoms with Gasteiger partial charge in [-0.15, -0.1) is 0 Å². The molecular weight excluding hydrogens is 248 g/mol. The molecule has 0 spiro atoms. The van der Waals surface area contributed by atoms with E-state index in [4.69, 9.17) is 5.73 Å². The smallest absolute Gasteiger partial charge is 0.134 e. The highest BCUT2D eigenvalue weighted by molar-refractivity contribution is 5.68. The second kappa shape index (κ2) is 5.29. The molecule has 4 nitrogen and oxygen atoms in total. The molecule has 2 aromatic rings. The van der Waals surface area contributed by atoms with Gasteiger partial charge in [0.2, 0.25) is 0 Å². The molecule has 2 heterocycles. The lowest BCUT2D eigenvalue weighted by Crippen LogP contribution is -2.27. The third-order valence-electron chi connectivity index (χ3n) is 4.07. The zero-order valence-corrected chi connectivity index (χ0v) is 12.3. The molecule has 2 N–H and O–H groups in total. The summed E-state index contributed by atoms with van der Waals surface area (Å²) in [5.74, 6) is 1.21. The second-order valence-corrected chi connectivity index (χ2v) is 5.43. The minimum Gasteiger partial charge on any atom is -0.330 e. The Balaban J connectivity index is 2.11. The van der Waals surface area contributed by atoms with Gasteiger partial charge in [-0.3, -0.25) is 4.68 Å². The molecule has 1 aromatic carbocycles. The number of fused-ring (bicyclic) bond motifs is 1. The Morgan fingerprint density at radius 2 is 2.10 bits per heavy atom. The largest absolute Gasteiger partial charge is 0.330 e. The quantitative estimate of drug-likeness (QED) is 0.931. The number of hydrogen-bond donors (Lipinski definition) is 1. The molecule has 1 aromatic heterocycles. The van der Waals surface area contributed by atoms with Crippen LogP contribution in [0.5, 0.6) is 0 Å². The van der Waals surface area contributed by atoms with Crippen molar-refractivity contribution < 1.29 is 0 Å². The van der Waals surface area contributed by atoms with E-state index in [1.54, 1.807) is 0 Å². The molecular formula is C16H22N4. The van der Waals surface area contributed by atoms with Crippen molar-refractivity contribution in [3.05, 3.63) is 41.1 Å². The number of benzene rings is 1. The molecule has 1 aliphatic heterocycles. The summed E-state index contributed by atoms with van der Waals surface area (Å²) in [5.41, 5.74) is 10.9. The van der Waals surface area contributed by atoms with Gasteiger partial charge >= 0.3 is 0 Å². The predicted octanol–water partition coefficient (Wildman–Crippen LogP) is 2.31. The minimum atomic E-state index is 0.662. The summed E-state index contributed by atoms with van der Waals surface area (Å²) in [6, 6.07) is 8.68. The first-order valence-electron chi connectivity index (χ1n) is 7.30. The molecule has 20 heavy (non-hydrogen) atoms. The van der Waals surface area contributed by atoms with Crippen molar-refractivity contribution in [1.82, 2.24) is 9.78 Å². The van der Waals surface area contributed by atoms with Crippen molar-refractivity contribution in [3.63, 3.8) is 0 Å². The van der Waals surface area contributed by atoms with Gasteiger partial charge in [0.15, 0.2) is 0 Å². The topological polar surface area (TPSA) is 47.1 Å². The summed E-state index contributed by atoms with van der Waals surface area (Å²) in [6.45, 7) is 3.78. The monoisotopic (exact) mass is 270 g/mol. The van der Waals surface area contributed by atoms with Gasteiger partial charge in [-0.2, -0.15) is 5.10 Å². The number of nitrogens with two attached hydrogens (primary N) is 1. The van der Waals surface area contributed by atoms with Crippen molar-refractivity contribution in [1.29, 1.82) is 0 Å². The summed E-state index contributed by atoms with van der Waals surface area (Å²) < 4.78 is 2.00. The molecule has 4 heteroatoms. The normalized spacial score (nSPS) is 14.4. The highest BCUT2D eigenvalue weighted by atomic mass is 15.4. The highest BCUT2D eigenvalue weighted by Crippen LogP contribution is 2.35. The Kier molecular flexibility index (Phi) is 3.49. The molecule has 0 radical (unpaired) electrons. The van der Waals surface area contributed by atoms with Crippen molar-refractivity contribution in [2.24, 2.45) is 12.8 Å². The van der Waals surface area contributed by atoms with Crippen LogP contribution in [0.15, 0.2) is 24.3 Å². The molecule has 3 rings (SSSR count). The lowest BCUT2D eigenvalue weighted by atomic mass is 10.0. The fourth-order valence-corrected chi connectivity index (χ4v) is 3.22. The highest BCUT2D eigenvalue weighted by Gasteiger charge is 2.24. The van der Waals surface area contributed by atoms with Gasteiger partial charge in [-0.05, 0) is 44.4 Å². The van der Waals surface area contributed by atoms with E-state index in [1.165, 1.54) is 29.1 Å². The summed E-state index contributed by atoms with van der Waals surface area (Å²) in [4.78, 5) is 2.41. The van der Waals surface area contributed by atoms with Crippen molar-refractivity contribution in [2.45, 2.75) is 26.2 Å². The molecule has 106 valence electrons. The Hall–Kier alpha value is -1.81. The minimum absolute atomic E-state index is 0.662. The molecule has 0 bridgehead atoms. The SMILES string of the molecule is Cc1nn(C)c(N2CCCc3ccccc32)c1CCN. The van der Waals surface area contributed by atoms with Crippen LogP contribution in [0.25, 0.3) is 0 Å². The fourth-order valence-electron chi connectivity index (χ4n) is 3.22. The molecule has 0 atom stereocenters. The van der Waals surface area contributed by atoms with Crippen molar-refractivity contribution in [2.75, 3.05) is 18.0 Å². The van der Waals surface area contributed by atoms with Gasteiger partial charge in [0, 0.05) is 24.8 Å². The van der Waals surface area contributed by atoms with E-state index in [9.17, 15) is 0 Å². The van der Waals surface area contributed by atoms with Gasteiger partial charge in [-0.1, -0.05) is 18.2 Å². The molecule has 1 aliphatic rings. The number of hydrogen-bond acceptors (Lipinski definition) is 3. The van der Waals surface area contributed by atoms with Gasteiger partial charge in [0.25, 0.3) is 0 Å². The Bertz CT molecular complexity index is 615. The molecule has 0 saturated heterocycles. The molecule has 0 aliphatic carbocycles. The number of nitrogens with zero attached hydrogens (tertiary/aromatic N) is 3. The van der Waals surface area contributed by atoms with Gasteiger partial charge < -0.3 is 10.6 Å². The predicted molar refractivity (Wildman–Crippen MR) is 82.5 cm³/mol. The van der Waals surface area contributed by atoms with Crippen LogP contribution in [-0.2, 0) is 19.9 Å². The van der Waals surface area contributed by atoms with Crippen LogP contribution >= 0.6 is 0 Å². The summed E-state index contributed by atoms with van der Waals surface area (Å²) in [5, 5.41) is 4.60. The number of rotatable bonds is 3. The van der Waals surface area contributed by atoms with E-state index in [1.807, 2.05) is 11.7 Å². The molecule has 0 saturated carbocycles. The molecule has 0 unspecified atom stereocenters. The fraction of sp³-hybridized carbons (Fsp3) is 0.438. The Morgan fingerprint density at radius 1 is 1.30 bits per heavy atom. The lowest BCUT2D eigenvalue weighted by molar-refractivity contribution is 0.702. The molecule has 0 fully saturated rings. The summed E-state index contributed by atoms with van der Waals surface area (Å²) >= 11 is 0. The lowest BCUT2D eigenvalue weighted by Gasteiger charge is -2.32. The number of para-hydroxylation sites is 1. The maximum Gasteiger partial charge on any atom is 0.134 e. The van der Waals surface area contributed by atoms with E-state index in [0.717, 1.165) is 25.1 Å². The van der Waals surface area contributed by atoms with Crippen LogP contribution in [0.3, 0.4) is 0 Å². The number of aromatic nitrogens is 2. The van der Waals surface area contributed by atoms with E-state index in [-0.39, 0.29) is 0 Å². The van der Waals surface area contributed by atoms with Crippen LogP contribution in [0.2, 0.25) is 0 Å². The van der Waals surface area contributed by atoms with Crippen molar-refractivity contribution >= 4 is 11.5 Å².